The van der Waals surface area contributed by atoms with Gasteiger partial charge < -0.3 is 14.4 Å². The predicted molar refractivity (Wildman–Crippen MR) is 68.6 cm³/mol. The molecule has 1 fully saturated rings. The molecule has 0 aromatic heterocycles. The maximum atomic E-state index is 13.5. The zero-order valence-corrected chi connectivity index (χ0v) is 11.3. The Balaban J connectivity index is 2.10. The summed E-state index contributed by atoms with van der Waals surface area (Å²) in [5, 5.41) is 0. The highest BCUT2D eigenvalue weighted by atomic mass is 19.1. The van der Waals surface area contributed by atoms with E-state index in [1.165, 1.54) is 31.1 Å². The molecule has 2 rings (SSSR count). The van der Waals surface area contributed by atoms with Gasteiger partial charge in [0, 0.05) is 13.3 Å². The van der Waals surface area contributed by atoms with Gasteiger partial charge in [0.1, 0.15) is 12.1 Å². The summed E-state index contributed by atoms with van der Waals surface area (Å²) in [6.07, 6.45) is -0.138. The number of nitrogens with zero attached hydrogens (tertiary/aromatic N) is 1. The van der Waals surface area contributed by atoms with Crippen LogP contribution in [-0.4, -0.2) is 42.6 Å². The second kappa shape index (κ2) is 5.90. The van der Waals surface area contributed by atoms with Crippen molar-refractivity contribution in [2.24, 2.45) is 0 Å². The summed E-state index contributed by atoms with van der Waals surface area (Å²) in [6, 6.07) is 5.36. The number of para-hydroxylation sites is 1. The smallest absolute Gasteiger partial charge is 0.328 e. The number of amides is 1. The molecule has 0 bridgehead atoms. The largest absolute Gasteiger partial charge is 0.485 e. The lowest BCUT2D eigenvalue weighted by Crippen LogP contribution is -2.39. The fourth-order valence-corrected chi connectivity index (χ4v) is 2.31. The van der Waals surface area contributed by atoms with E-state index in [2.05, 4.69) is 4.74 Å². The van der Waals surface area contributed by atoms with Gasteiger partial charge in [-0.25, -0.2) is 9.18 Å². The molecule has 1 aromatic rings. The quantitative estimate of drug-likeness (QED) is 0.785. The first kappa shape index (κ1) is 14.3. The molecule has 0 N–H and O–H groups in total. The van der Waals surface area contributed by atoms with Crippen LogP contribution in [-0.2, 0) is 14.3 Å². The van der Waals surface area contributed by atoms with E-state index in [0.717, 1.165) is 0 Å². The first-order chi connectivity index (χ1) is 9.52. The molecule has 1 saturated heterocycles. The predicted octanol–water partition coefficient (Wildman–Crippen LogP) is 1.37. The summed E-state index contributed by atoms with van der Waals surface area (Å²) in [7, 11) is 1.27. The minimum Gasteiger partial charge on any atom is -0.485 e. The van der Waals surface area contributed by atoms with Gasteiger partial charge in [-0.15, -0.1) is 0 Å². The van der Waals surface area contributed by atoms with E-state index in [9.17, 15) is 14.0 Å². The lowest BCUT2D eigenvalue weighted by Gasteiger charge is -2.20. The third-order valence-corrected chi connectivity index (χ3v) is 3.27. The van der Waals surface area contributed by atoms with E-state index in [1.807, 2.05) is 0 Å². The number of carbonyl (C=O) groups is 2. The van der Waals surface area contributed by atoms with Crippen LogP contribution < -0.4 is 4.74 Å². The SMILES string of the molecule is COC(=O)C1CC(Oc2ccccc2F)CN1C(C)=O. The van der Waals surface area contributed by atoms with Crippen LogP contribution in [0.4, 0.5) is 4.39 Å². The number of esters is 1. The van der Waals surface area contributed by atoms with Gasteiger partial charge in [-0.1, -0.05) is 12.1 Å². The van der Waals surface area contributed by atoms with Crippen molar-refractivity contribution < 1.29 is 23.5 Å². The average molecular weight is 281 g/mol. The molecule has 1 heterocycles. The molecular formula is C14H16FNO4. The molecule has 1 aliphatic heterocycles. The number of likely N-dealkylation sites (tertiary alicyclic amines) is 1. The average Bonchev–Trinajstić information content (AvgIpc) is 2.85. The molecule has 108 valence electrons. The summed E-state index contributed by atoms with van der Waals surface area (Å²) in [6.45, 7) is 1.62. The molecule has 1 aliphatic rings. The van der Waals surface area contributed by atoms with Crippen LogP contribution in [0.5, 0.6) is 5.75 Å². The van der Waals surface area contributed by atoms with Gasteiger partial charge in [0.2, 0.25) is 5.91 Å². The van der Waals surface area contributed by atoms with Crippen LogP contribution in [0.15, 0.2) is 24.3 Å². The fourth-order valence-electron chi connectivity index (χ4n) is 2.31. The third-order valence-electron chi connectivity index (χ3n) is 3.27. The van der Waals surface area contributed by atoms with E-state index in [-0.39, 0.29) is 18.2 Å². The molecule has 0 radical (unpaired) electrons. The summed E-state index contributed by atoms with van der Waals surface area (Å²) in [5.74, 6) is -1.07. The van der Waals surface area contributed by atoms with E-state index in [0.29, 0.717) is 6.42 Å². The number of hydrogen-bond donors (Lipinski definition) is 0. The molecule has 0 saturated carbocycles. The standard InChI is InChI=1S/C14H16FNO4/c1-9(17)16-8-10(7-12(16)14(18)19-2)20-13-6-4-3-5-11(13)15/h3-6,10,12H,7-8H2,1-2H3. The van der Waals surface area contributed by atoms with Crippen LogP contribution in [0.2, 0.25) is 0 Å². The number of halogens is 1. The van der Waals surface area contributed by atoms with Crippen LogP contribution in [0.1, 0.15) is 13.3 Å². The molecule has 5 nitrogen and oxygen atoms in total. The highest BCUT2D eigenvalue weighted by Crippen LogP contribution is 2.25. The van der Waals surface area contributed by atoms with Crippen molar-refractivity contribution in [2.45, 2.75) is 25.5 Å². The molecule has 1 amide bonds. The van der Waals surface area contributed by atoms with Gasteiger partial charge in [-0.2, -0.15) is 0 Å². The van der Waals surface area contributed by atoms with Crippen molar-refractivity contribution in [3.05, 3.63) is 30.1 Å². The number of methoxy groups -OCH3 is 1. The molecule has 0 spiro atoms. The van der Waals surface area contributed by atoms with Crippen LogP contribution in [0.25, 0.3) is 0 Å². The number of ether oxygens (including phenoxy) is 2. The lowest BCUT2D eigenvalue weighted by atomic mass is 10.2. The maximum Gasteiger partial charge on any atom is 0.328 e. The van der Waals surface area contributed by atoms with E-state index < -0.39 is 23.9 Å². The van der Waals surface area contributed by atoms with E-state index in [1.54, 1.807) is 12.1 Å². The summed E-state index contributed by atoms with van der Waals surface area (Å²) >= 11 is 0. The Morgan fingerprint density at radius 3 is 2.65 bits per heavy atom. The normalized spacial score (nSPS) is 21.6. The third kappa shape index (κ3) is 2.89. The number of carbonyl (C=O) groups excluding carboxylic acids is 2. The lowest BCUT2D eigenvalue weighted by molar-refractivity contribution is -0.150. The molecule has 20 heavy (non-hydrogen) atoms. The fraction of sp³-hybridized carbons (Fsp3) is 0.429. The number of benzene rings is 1. The first-order valence-electron chi connectivity index (χ1n) is 6.29. The van der Waals surface area contributed by atoms with Gasteiger partial charge in [0.05, 0.1) is 13.7 Å². The monoisotopic (exact) mass is 281 g/mol. The Bertz CT molecular complexity index is 520. The Morgan fingerprint density at radius 2 is 2.05 bits per heavy atom. The Kier molecular flexibility index (Phi) is 4.22. The summed E-state index contributed by atoms with van der Waals surface area (Å²) < 4.78 is 23.7. The van der Waals surface area contributed by atoms with Crippen molar-refractivity contribution in [3.8, 4) is 5.75 Å². The Labute approximate surface area is 116 Å². The topological polar surface area (TPSA) is 55.8 Å². The highest BCUT2D eigenvalue weighted by molar-refractivity contribution is 5.84. The molecule has 0 aliphatic carbocycles. The van der Waals surface area contributed by atoms with Gasteiger partial charge in [-0.05, 0) is 12.1 Å². The second-order valence-corrected chi connectivity index (χ2v) is 4.62. The van der Waals surface area contributed by atoms with Crippen LogP contribution in [0, 0.1) is 5.82 Å². The summed E-state index contributed by atoms with van der Waals surface area (Å²) in [4.78, 5) is 24.6. The molecular weight excluding hydrogens is 265 g/mol. The van der Waals surface area contributed by atoms with Crippen molar-refractivity contribution in [1.82, 2.24) is 4.90 Å². The van der Waals surface area contributed by atoms with Gasteiger partial charge in [-0.3, -0.25) is 4.79 Å². The van der Waals surface area contributed by atoms with Crippen molar-refractivity contribution in [2.75, 3.05) is 13.7 Å². The van der Waals surface area contributed by atoms with Crippen molar-refractivity contribution in [1.29, 1.82) is 0 Å². The van der Waals surface area contributed by atoms with Gasteiger partial charge >= 0.3 is 5.97 Å². The first-order valence-corrected chi connectivity index (χ1v) is 6.29. The van der Waals surface area contributed by atoms with Gasteiger partial charge in [0.25, 0.3) is 0 Å². The van der Waals surface area contributed by atoms with E-state index in [4.69, 9.17) is 4.74 Å². The number of hydrogen-bond acceptors (Lipinski definition) is 4. The van der Waals surface area contributed by atoms with Crippen LogP contribution in [0.3, 0.4) is 0 Å². The van der Waals surface area contributed by atoms with E-state index >= 15 is 0 Å². The Hall–Kier alpha value is -2.11. The Morgan fingerprint density at radius 1 is 1.35 bits per heavy atom. The van der Waals surface area contributed by atoms with Crippen molar-refractivity contribution in [3.63, 3.8) is 0 Å². The van der Waals surface area contributed by atoms with Crippen LogP contribution >= 0.6 is 0 Å². The maximum absolute atomic E-state index is 13.5. The zero-order chi connectivity index (χ0) is 14.7. The molecule has 2 unspecified atom stereocenters. The van der Waals surface area contributed by atoms with Crippen molar-refractivity contribution >= 4 is 11.9 Å². The summed E-state index contributed by atoms with van der Waals surface area (Å²) in [5.41, 5.74) is 0. The zero-order valence-electron chi connectivity index (χ0n) is 11.3. The minimum absolute atomic E-state index is 0.117. The highest BCUT2D eigenvalue weighted by Gasteiger charge is 2.40. The number of rotatable bonds is 3. The van der Waals surface area contributed by atoms with Gasteiger partial charge in [0.15, 0.2) is 11.6 Å². The molecule has 1 aromatic carbocycles. The minimum atomic E-state index is -0.672. The molecule has 2 atom stereocenters. The molecule has 6 heteroatoms. The second-order valence-electron chi connectivity index (χ2n) is 4.62.